The average Bonchev–Trinajstić information content (AvgIpc) is 2.84. The lowest BCUT2D eigenvalue weighted by Gasteiger charge is -2.03. The Hall–Kier alpha value is -2.11. The van der Waals surface area contributed by atoms with Crippen molar-refractivity contribution in [3.63, 3.8) is 0 Å². The standard InChI is InChI=1S/C9H11N5O/c1-14-6-10-5-8(14)9(15)11-4-7-2-3-12-13-7/h2-3,5-6H,4H2,1H3,(H,11,15)(H,12,13). The Morgan fingerprint density at radius 3 is 3.13 bits per heavy atom. The van der Waals surface area contributed by atoms with Crippen molar-refractivity contribution in [3.05, 3.63) is 36.2 Å². The van der Waals surface area contributed by atoms with Gasteiger partial charge in [-0.3, -0.25) is 9.89 Å². The van der Waals surface area contributed by atoms with Crippen molar-refractivity contribution in [2.75, 3.05) is 0 Å². The highest BCUT2D eigenvalue weighted by atomic mass is 16.1. The number of amides is 1. The summed E-state index contributed by atoms with van der Waals surface area (Å²) in [6, 6.07) is 1.81. The number of aryl methyl sites for hydroxylation is 1. The zero-order valence-electron chi connectivity index (χ0n) is 8.27. The van der Waals surface area contributed by atoms with Crippen LogP contribution in [0.1, 0.15) is 16.2 Å². The van der Waals surface area contributed by atoms with Gasteiger partial charge in [-0.1, -0.05) is 0 Å². The first-order valence-electron chi connectivity index (χ1n) is 4.50. The van der Waals surface area contributed by atoms with Crippen LogP contribution in [-0.4, -0.2) is 25.7 Å². The molecule has 0 saturated carbocycles. The van der Waals surface area contributed by atoms with Gasteiger partial charge in [0.05, 0.1) is 24.8 Å². The van der Waals surface area contributed by atoms with E-state index < -0.39 is 0 Å². The SMILES string of the molecule is Cn1cncc1C(=O)NCc1ccn[nH]1. The lowest BCUT2D eigenvalue weighted by Crippen LogP contribution is -2.24. The van der Waals surface area contributed by atoms with Gasteiger partial charge in [-0.2, -0.15) is 5.10 Å². The van der Waals surface area contributed by atoms with Crippen molar-refractivity contribution in [3.8, 4) is 0 Å². The van der Waals surface area contributed by atoms with Gasteiger partial charge in [0, 0.05) is 13.2 Å². The Morgan fingerprint density at radius 1 is 1.67 bits per heavy atom. The second kappa shape index (κ2) is 3.95. The summed E-state index contributed by atoms with van der Waals surface area (Å²) >= 11 is 0. The summed E-state index contributed by atoms with van der Waals surface area (Å²) in [4.78, 5) is 15.5. The molecule has 0 aliphatic rings. The molecule has 1 amide bonds. The second-order valence-corrected chi connectivity index (χ2v) is 3.15. The summed E-state index contributed by atoms with van der Waals surface area (Å²) in [5, 5.41) is 9.31. The number of H-pyrrole nitrogens is 1. The molecular formula is C9H11N5O. The maximum Gasteiger partial charge on any atom is 0.269 e. The molecule has 0 aliphatic heterocycles. The number of aromatic amines is 1. The largest absolute Gasteiger partial charge is 0.345 e. The highest BCUT2D eigenvalue weighted by Crippen LogP contribution is 1.97. The zero-order chi connectivity index (χ0) is 10.7. The number of rotatable bonds is 3. The van der Waals surface area contributed by atoms with Gasteiger partial charge in [0.15, 0.2) is 0 Å². The molecule has 0 fully saturated rings. The van der Waals surface area contributed by atoms with Gasteiger partial charge in [0.25, 0.3) is 5.91 Å². The van der Waals surface area contributed by atoms with E-state index >= 15 is 0 Å². The van der Waals surface area contributed by atoms with Crippen molar-refractivity contribution >= 4 is 5.91 Å². The number of aromatic nitrogens is 4. The second-order valence-electron chi connectivity index (χ2n) is 3.15. The van der Waals surface area contributed by atoms with E-state index in [0.29, 0.717) is 12.2 Å². The van der Waals surface area contributed by atoms with Crippen LogP contribution in [0.2, 0.25) is 0 Å². The van der Waals surface area contributed by atoms with Crippen molar-refractivity contribution < 1.29 is 4.79 Å². The number of imidazole rings is 1. The third-order valence-corrected chi connectivity index (χ3v) is 2.05. The summed E-state index contributed by atoms with van der Waals surface area (Å²) in [6.07, 6.45) is 4.76. The summed E-state index contributed by atoms with van der Waals surface area (Å²) in [7, 11) is 1.78. The molecule has 0 aromatic carbocycles. The van der Waals surface area contributed by atoms with Crippen LogP contribution in [0.25, 0.3) is 0 Å². The molecule has 6 nitrogen and oxygen atoms in total. The van der Waals surface area contributed by atoms with Crippen LogP contribution >= 0.6 is 0 Å². The van der Waals surface area contributed by atoms with E-state index in [1.807, 2.05) is 6.07 Å². The minimum atomic E-state index is -0.149. The van der Waals surface area contributed by atoms with Crippen molar-refractivity contribution in [1.82, 2.24) is 25.1 Å². The predicted molar refractivity (Wildman–Crippen MR) is 53.0 cm³/mol. The molecule has 2 rings (SSSR count). The Bertz CT molecular complexity index is 445. The highest BCUT2D eigenvalue weighted by Gasteiger charge is 2.08. The lowest BCUT2D eigenvalue weighted by molar-refractivity contribution is 0.0942. The van der Waals surface area contributed by atoms with Crippen LogP contribution in [0.3, 0.4) is 0 Å². The van der Waals surface area contributed by atoms with Crippen molar-refractivity contribution in [2.24, 2.45) is 7.05 Å². The monoisotopic (exact) mass is 205 g/mol. The summed E-state index contributed by atoms with van der Waals surface area (Å²) < 4.78 is 1.67. The van der Waals surface area contributed by atoms with Gasteiger partial charge in [-0.25, -0.2) is 4.98 Å². The lowest BCUT2D eigenvalue weighted by atomic mass is 10.4. The third-order valence-electron chi connectivity index (χ3n) is 2.05. The third kappa shape index (κ3) is 2.04. The number of carbonyl (C=O) groups excluding carboxylic acids is 1. The summed E-state index contributed by atoms with van der Waals surface area (Å²) in [6.45, 7) is 0.435. The van der Waals surface area contributed by atoms with E-state index in [-0.39, 0.29) is 5.91 Å². The molecule has 0 bridgehead atoms. The van der Waals surface area contributed by atoms with Gasteiger partial charge in [-0.15, -0.1) is 0 Å². The molecule has 0 atom stereocenters. The van der Waals surface area contributed by atoms with Gasteiger partial charge in [-0.05, 0) is 6.07 Å². The molecule has 0 aliphatic carbocycles. The van der Waals surface area contributed by atoms with Crippen molar-refractivity contribution in [1.29, 1.82) is 0 Å². The number of hydrogen-bond donors (Lipinski definition) is 2. The van der Waals surface area contributed by atoms with Gasteiger partial charge in [0.2, 0.25) is 0 Å². The molecule has 15 heavy (non-hydrogen) atoms. The van der Waals surface area contributed by atoms with Gasteiger partial charge >= 0.3 is 0 Å². The van der Waals surface area contributed by atoms with Crippen LogP contribution in [0.4, 0.5) is 0 Å². The Labute approximate surface area is 86.3 Å². The molecule has 0 saturated heterocycles. The van der Waals surface area contributed by atoms with E-state index in [1.165, 1.54) is 6.20 Å². The number of nitrogens with one attached hydrogen (secondary N) is 2. The maximum atomic E-state index is 11.6. The quantitative estimate of drug-likeness (QED) is 0.744. The Kier molecular flexibility index (Phi) is 2.49. The average molecular weight is 205 g/mol. The molecule has 2 N–H and O–H groups in total. The molecule has 2 aromatic heterocycles. The van der Waals surface area contributed by atoms with E-state index in [4.69, 9.17) is 0 Å². The predicted octanol–water partition coefficient (Wildman–Crippen LogP) is 0.0732. The fourth-order valence-corrected chi connectivity index (χ4v) is 1.23. The van der Waals surface area contributed by atoms with Crippen LogP contribution < -0.4 is 5.32 Å². The van der Waals surface area contributed by atoms with Crippen molar-refractivity contribution in [2.45, 2.75) is 6.54 Å². The number of nitrogens with zero attached hydrogens (tertiary/aromatic N) is 3. The normalized spacial score (nSPS) is 10.2. The maximum absolute atomic E-state index is 11.6. The topological polar surface area (TPSA) is 75.6 Å². The molecular weight excluding hydrogens is 194 g/mol. The minimum Gasteiger partial charge on any atom is -0.345 e. The smallest absolute Gasteiger partial charge is 0.269 e. The first-order valence-corrected chi connectivity index (χ1v) is 4.50. The fourth-order valence-electron chi connectivity index (χ4n) is 1.23. The summed E-state index contributed by atoms with van der Waals surface area (Å²) in [5.41, 5.74) is 1.40. The zero-order valence-corrected chi connectivity index (χ0v) is 8.27. The first kappa shape index (κ1) is 9.45. The minimum absolute atomic E-state index is 0.149. The number of hydrogen-bond acceptors (Lipinski definition) is 3. The van der Waals surface area contributed by atoms with E-state index in [9.17, 15) is 4.79 Å². The fraction of sp³-hybridized carbons (Fsp3) is 0.222. The molecule has 2 aromatic rings. The molecule has 0 radical (unpaired) electrons. The van der Waals surface area contributed by atoms with Gasteiger partial charge < -0.3 is 9.88 Å². The molecule has 6 heteroatoms. The molecule has 2 heterocycles. The van der Waals surface area contributed by atoms with E-state index in [2.05, 4.69) is 20.5 Å². The van der Waals surface area contributed by atoms with Crippen LogP contribution in [-0.2, 0) is 13.6 Å². The van der Waals surface area contributed by atoms with Crippen LogP contribution in [0.15, 0.2) is 24.8 Å². The number of carbonyl (C=O) groups is 1. The highest BCUT2D eigenvalue weighted by molar-refractivity contribution is 5.92. The first-order chi connectivity index (χ1) is 7.27. The van der Waals surface area contributed by atoms with Crippen LogP contribution in [0.5, 0.6) is 0 Å². The van der Waals surface area contributed by atoms with Gasteiger partial charge in [0.1, 0.15) is 5.69 Å². The van der Waals surface area contributed by atoms with E-state index in [0.717, 1.165) is 5.69 Å². The Balaban J connectivity index is 1.96. The van der Waals surface area contributed by atoms with Crippen LogP contribution in [0, 0.1) is 0 Å². The Morgan fingerprint density at radius 2 is 2.53 bits per heavy atom. The molecule has 0 spiro atoms. The molecule has 78 valence electrons. The summed E-state index contributed by atoms with van der Waals surface area (Å²) in [5.74, 6) is -0.149. The molecule has 0 unspecified atom stereocenters. The van der Waals surface area contributed by atoms with E-state index in [1.54, 1.807) is 24.1 Å².